The van der Waals surface area contributed by atoms with Crippen molar-refractivity contribution in [3.8, 4) is 0 Å². The molecule has 0 N–H and O–H groups in total. The van der Waals surface area contributed by atoms with E-state index in [9.17, 15) is 0 Å². The maximum absolute atomic E-state index is 7.09. The van der Waals surface area contributed by atoms with Gasteiger partial charge < -0.3 is 0 Å². The van der Waals surface area contributed by atoms with E-state index < -0.39 is 43.9 Å². The van der Waals surface area contributed by atoms with Crippen LogP contribution in [0.2, 0.25) is 0 Å². The molecule has 0 aromatic heterocycles. The molecule has 0 aliphatic rings. The van der Waals surface area contributed by atoms with E-state index in [1.54, 1.807) is 0 Å². The third-order valence-corrected chi connectivity index (χ3v) is 29.0. The normalized spacial score (nSPS) is 12.4. The number of benzene rings is 6. The second-order valence-corrected chi connectivity index (χ2v) is 31.7. The second kappa shape index (κ2) is 23.7. The standard InChI is InChI=1S/2C28H36ClGeN2P/c1-21(2)25-19-14-20-26(22(3)4)27(25)32(30-29)33(31-28(5,6)7,23-15-10-8-11-16-23)24-17-12-9-13-18-24;1-21(2)25-19-14-20-26(22(3)4)27(25)31-33(23-15-10-8-11-16-23,24-17-12-9-13-18-24)32(30-29)28(5,6)7/h2*8-22H,1-7H3. The van der Waals surface area contributed by atoms with Crippen molar-refractivity contribution in [3.63, 3.8) is 0 Å². The summed E-state index contributed by atoms with van der Waals surface area (Å²) in [7, 11) is 9.20. The topological polar surface area (TPSA) is 31.2 Å². The van der Waals surface area contributed by atoms with E-state index in [1.807, 2.05) is 0 Å². The number of hydrogen-bond donors (Lipinski definition) is 0. The number of rotatable bonds is 14. The third kappa shape index (κ3) is 12.3. The van der Waals surface area contributed by atoms with Gasteiger partial charge in [-0.3, -0.25) is 0 Å². The van der Waals surface area contributed by atoms with Crippen LogP contribution in [0.15, 0.2) is 167 Å². The van der Waals surface area contributed by atoms with Gasteiger partial charge in [0.25, 0.3) is 0 Å². The van der Waals surface area contributed by atoms with Crippen molar-refractivity contribution in [1.82, 2.24) is 3.63 Å². The van der Waals surface area contributed by atoms with Crippen LogP contribution in [0.5, 0.6) is 0 Å². The molecule has 0 spiro atoms. The fraction of sp³-hybridized carbons (Fsp3) is 0.357. The predicted octanol–water partition coefficient (Wildman–Crippen LogP) is 16.3. The summed E-state index contributed by atoms with van der Waals surface area (Å²) in [6, 6.07) is 56.8. The molecule has 4 nitrogen and oxygen atoms in total. The molecule has 6 rings (SSSR count). The maximum atomic E-state index is 7.09. The molecule has 6 aromatic rings. The Hall–Kier alpha value is -2.79. The molecule has 6 aromatic carbocycles. The first-order valence-corrected chi connectivity index (χ1v) is 34.1. The van der Waals surface area contributed by atoms with Crippen molar-refractivity contribution in [3.05, 3.63) is 180 Å². The van der Waals surface area contributed by atoms with Gasteiger partial charge in [-0.05, 0) is 0 Å². The molecule has 0 saturated heterocycles. The number of hydrogen-bond acceptors (Lipinski definition) is 2. The van der Waals surface area contributed by atoms with E-state index in [4.69, 9.17) is 29.5 Å². The van der Waals surface area contributed by atoms with Crippen molar-refractivity contribution < 1.29 is 0 Å². The van der Waals surface area contributed by atoms with Crippen molar-refractivity contribution in [2.75, 3.05) is 3.63 Å². The third-order valence-electron chi connectivity index (χ3n) is 11.4. The summed E-state index contributed by atoms with van der Waals surface area (Å²) in [5.74, 6) is 1.54. The fourth-order valence-corrected chi connectivity index (χ4v) is 27.2. The van der Waals surface area contributed by atoms with Gasteiger partial charge in [-0.2, -0.15) is 0 Å². The Morgan fingerprint density at radius 3 is 1.02 bits per heavy atom. The Balaban J connectivity index is 0.000000247. The Labute approximate surface area is 421 Å². The molecule has 0 aliphatic carbocycles. The summed E-state index contributed by atoms with van der Waals surface area (Å²) in [4.78, 5) is 0. The van der Waals surface area contributed by atoms with Crippen LogP contribution in [0.3, 0.4) is 0 Å². The summed E-state index contributed by atoms with van der Waals surface area (Å²) < 4.78 is 16.7. The van der Waals surface area contributed by atoms with Crippen LogP contribution < -0.4 is 24.8 Å². The summed E-state index contributed by atoms with van der Waals surface area (Å²) in [6.07, 6.45) is 0. The van der Waals surface area contributed by atoms with Crippen LogP contribution >= 0.6 is 34.4 Å². The zero-order valence-corrected chi connectivity index (χ0v) is 49.3. The molecular weight excluding hydrogens is 1010 g/mol. The molecule has 66 heavy (non-hydrogen) atoms. The van der Waals surface area contributed by atoms with Crippen LogP contribution in [0, 0.1) is 0 Å². The zero-order valence-electron chi connectivity index (χ0n) is 41.8. The van der Waals surface area contributed by atoms with Crippen LogP contribution in [0.1, 0.15) is 143 Å². The Morgan fingerprint density at radius 2 is 0.742 bits per heavy atom. The predicted molar refractivity (Wildman–Crippen MR) is 299 cm³/mol. The monoisotopic (exact) mass is 1080 g/mol. The number of para-hydroxylation sites is 1. The SMILES string of the molecule is CC(C)c1cccc(C(C)C)c1N=P(c1ccccc1)(c1ccccc1)[N]([Ge][Cl])C(C)(C)C.CC(C)c1cccc(C(C)C)c1[N]([Ge][Cl])P(=NC(C)(C)C)(c1ccccc1)c1ccccc1. The average molecular weight is 1080 g/mol. The van der Waals surface area contributed by atoms with Crippen LogP contribution in [0.25, 0.3) is 0 Å². The first-order chi connectivity index (χ1) is 31.2. The van der Waals surface area contributed by atoms with Crippen molar-refractivity contribution in [1.29, 1.82) is 0 Å². The van der Waals surface area contributed by atoms with E-state index in [0.29, 0.717) is 23.7 Å². The summed E-state index contributed by atoms with van der Waals surface area (Å²) in [6.45, 7) is 31.6. The van der Waals surface area contributed by atoms with Gasteiger partial charge in [0.1, 0.15) is 0 Å². The molecular formula is C56H72Cl2Ge2N4P2. The van der Waals surface area contributed by atoms with E-state index in [-0.39, 0.29) is 11.1 Å². The van der Waals surface area contributed by atoms with Crippen molar-refractivity contribution in [2.45, 2.75) is 132 Å². The van der Waals surface area contributed by atoms with Crippen molar-refractivity contribution >= 4 is 96.5 Å². The molecule has 348 valence electrons. The number of anilines is 1. The van der Waals surface area contributed by atoms with Gasteiger partial charge in [-0.15, -0.1) is 0 Å². The van der Waals surface area contributed by atoms with Gasteiger partial charge in [0.15, 0.2) is 0 Å². The Kier molecular flexibility index (Phi) is 19.4. The van der Waals surface area contributed by atoms with Gasteiger partial charge in [0, 0.05) is 0 Å². The van der Waals surface area contributed by atoms with Gasteiger partial charge in [-0.25, -0.2) is 0 Å². The van der Waals surface area contributed by atoms with Crippen LogP contribution in [-0.4, -0.2) is 44.2 Å². The van der Waals surface area contributed by atoms with E-state index in [0.717, 1.165) is 5.69 Å². The molecule has 0 atom stereocenters. The molecule has 4 radical (unpaired) electrons. The molecule has 0 amide bonds. The van der Waals surface area contributed by atoms with E-state index in [1.165, 1.54) is 49.2 Å². The summed E-state index contributed by atoms with van der Waals surface area (Å²) in [5.41, 5.74) is 7.40. The molecule has 0 aliphatic heterocycles. The van der Waals surface area contributed by atoms with Crippen LogP contribution in [0.4, 0.5) is 11.4 Å². The summed E-state index contributed by atoms with van der Waals surface area (Å²) in [5, 5.41) is 5.01. The quantitative estimate of drug-likeness (QED) is 0.0804. The molecule has 0 saturated carbocycles. The fourth-order valence-electron chi connectivity index (χ4n) is 8.44. The number of halogens is 2. The second-order valence-electron chi connectivity index (χ2n) is 20.1. The first kappa shape index (κ1) is 54.2. The molecule has 0 unspecified atom stereocenters. The van der Waals surface area contributed by atoms with E-state index >= 15 is 0 Å². The Bertz CT molecular complexity index is 2430. The van der Waals surface area contributed by atoms with E-state index in [2.05, 4.69) is 262 Å². The Morgan fingerprint density at radius 1 is 0.424 bits per heavy atom. The molecule has 0 bridgehead atoms. The minimum atomic E-state index is -2.41. The average Bonchev–Trinajstić information content (AvgIpc) is 3.29. The van der Waals surface area contributed by atoms with Gasteiger partial charge >= 0.3 is 425 Å². The number of nitrogens with zero attached hydrogens (tertiary/aromatic N) is 4. The molecule has 0 fully saturated rings. The van der Waals surface area contributed by atoms with Gasteiger partial charge in [-0.1, -0.05) is 0 Å². The molecule has 0 heterocycles. The molecule has 10 heteroatoms. The summed E-state index contributed by atoms with van der Waals surface area (Å²) >= 11 is -1.96. The minimum absolute atomic E-state index is 0.129. The van der Waals surface area contributed by atoms with Gasteiger partial charge in [0.05, 0.1) is 0 Å². The first-order valence-electron chi connectivity index (χ1n) is 23.3. The van der Waals surface area contributed by atoms with Gasteiger partial charge in [0.2, 0.25) is 0 Å². The zero-order chi connectivity index (χ0) is 48.5. The van der Waals surface area contributed by atoms with Crippen LogP contribution in [-0.2, 0) is 0 Å². The van der Waals surface area contributed by atoms with Crippen molar-refractivity contribution in [2.24, 2.45) is 9.49 Å².